The number of benzene rings is 2. The van der Waals surface area contributed by atoms with E-state index in [-0.39, 0.29) is 18.0 Å². The van der Waals surface area contributed by atoms with Crippen LogP contribution in [-0.2, 0) is 21.2 Å². The Labute approximate surface area is 171 Å². The molecule has 0 bridgehead atoms. The molecule has 0 aliphatic rings. The number of methoxy groups -OCH3 is 1. The van der Waals surface area contributed by atoms with Crippen molar-refractivity contribution < 1.29 is 22.3 Å². The second-order valence-electron chi connectivity index (χ2n) is 6.71. The van der Waals surface area contributed by atoms with Crippen molar-refractivity contribution in [3.63, 3.8) is 0 Å². The highest BCUT2D eigenvalue weighted by molar-refractivity contribution is 7.92. The van der Waals surface area contributed by atoms with Gasteiger partial charge in [0, 0.05) is 6.54 Å². The lowest BCUT2D eigenvalue weighted by Gasteiger charge is -2.30. The van der Waals surface area contributed by atoms with Crippen LogP contribution < -0.4 is 14.4 Å². The van der Waals surface area contributed by atoms with Gasteiger partial charge in [0.25, 0.3) is 0 Å². The Morgan fingerprint density at radius 1 is 1.21 bits per heavy atom. The molecule has 0 fully saturated rings. The van der Waals surface area contributed by atoms with Crippen LogP contribution in [0.15, 0.2) is 48.5 Å². The number of nitrogens with zero attached hydrogens (tertiary/aromatic N) is 1. The zero-order chi connectivity index (χ0) is 21.4. The van der Waals surface area contributed by atoms with Gasteiger partial charge in [-0.2, -0.15) is 0 Å². The summed E-state index contributed by atoms with van der Waals surface area (Å²) in [4.78, 5) is 12.7. The molecule has 0 aliphatic carbocycles. The van der Waals surface area contributed by atoms with Crippen molar-refractivity contribution in [1.82, 2.24) is 5.32 Å². The van der Waals surface area contributed by atoms with E-state index in [0.29, 0.717) is 13.0 Å². The Kier molecular flexibility index (Phi) is 8.01. The molecule has 2 aromatic rings. The number of hydrogen-bond donors (Lipinski definition) is 1. The second-order valence-corrected chi connectivity index (χ2v) is 8.56. The number of aryl methyl sites for hydroxylation is 1. The number of rotatable bonds is 10. The first-order valence-electron chi connectivity index (χ1n) is 9.42. The number of sulfonamides is 1. The summed E-state index contributed by atoms with van der Waals surface area (Å²) in [5.74, 6) is -0.0780. The number of hydrogen-bond acceptors (Lipinski definition) is 4. The standard InChI is InChI=1S/C21H27FN2O4S/c1-4-20(24(29(3,26)27)18-12-10-17(22)11-13-18)21(25)23-14-6-8-16-7-5-9-19(15-16)28-2/h5,7,9-13,15,20H,4,6,8,14H2,1-3H3,(H,23,25)/t20-/m0/s1. The van der Waals surface area contributed by atoms with Gasteiger partial charge in [0.2, 0.25) is 15.9 Å². The maximum atomic E-state index is 13.2. The topological polar surface area (TPSA) is 75.7 Å². The van der Waals surface area contributed by atoms with Gasteiger partial charge in [0.15, 0.2) is 0 Å². The number of carbonyl (C=O) groups is 1. The minimum atomic E-state index is -3.73. The SMILES string of the molecule is CC[C@@H](C(=O)NCCCc1cccc(OC)c1)N(c1ccc(F)cc1)S(C)(=O)=O. The molecule has 0 saturated carbocycles. The average Bonchev–Trinajstić information content (AvgIpc) is 2.69. The van der Waals surface area contributed by atoms with Gasteiger partial charge >= 0.3 is 0 Å². The Morgan fingerprint density at radius 3 is 2.48 bits per heavy atom. The molecule has 0 aliphatic heterocycles. The molecule has 1 amide bonds. The maximum Gasteiger partial charge on any atom is 0.243 e. The quantitative estimate of drug-likeness (QED) is 0.597. The van der Waals surface area contributed by atoms with Crippen molar-refractivity contribution in [3.8, 4) is 5.75 Å². The third-order valence-corrected chi connectivity index (χ3v) is 5.67. The van der Waals surface area contributed by atoms with Crippen molar-refractivity contribution in [3.05, 3.63) is 59.9 Å². The van der Waals surface area contributed by atoms with Crippen LogP contribution in [0.25, 0.3) is 0 Å². The summed E-state index contributed by atoms with van der Waals surface area (Å²) in [6, 6.07) is 11.9. The zero-order valence-corrected chi connectivity index (χ0v) is 17.7. The molecule has 0 spiro atoms. The molecule has 2 aromatic carbocycles. The van der Waals surface area contributed by atoms with Crippen LogP contribution in [-0.4, -0.2) is 40.3 Å². The van der Waals surface area contributed by atoms with E-state index in [9.17, 15) is 17.6 Å². The zero-order valence-electron chi connectivity index (χ0n) is 16.9. The lowest BCUT2D eigenvalue weighted by Crippen LogP contribution is -2.49. The van der Waals surface area contributed by atoms with Crippen molar-refractivity contribution in [2.75, 3.05) is 24.2 Å². The van der Waals surface area contributed by atoms with Gasteiger partial charge in [-0.3, -0.25) is 9.10 Å². The van der Waals surface area contributed by atoms with Gasteiger partial charge in [-0.15, -0.1) is 0 Å². The second kappa shape index (κ2) is 10.2. The monoisotopic (exact) mass is 422 g/mol. The van der Waals surface area contributed by atoms with Gasteiger partial charge in [0.05, 0.1) is 19.1 Å². The number of ether oxygens (including phenoxy) is 1. The van der Waals surface area contributed by atoms with E-state index >= 15 is 0 Å². The summed E-state index contributed by atoms with van der Waals surface area (Å²) in [5.41, 5.74) is 1.35. The number of amides is 1. The van der Waals surface area contributed by atoms with Crippen LogP contribution in [0.4, 0.5) is 10.1 Å². The Morgan fingerprint density at radius 2 is 1.90 bits per heavy atom. The number of nitrogens with one attached hydrogen (secondary N) is 1. The highest BCUT2D eigenvalue weighted by Crippen LogP contribution is 2.23. The van der Waals surface area contributed by atoms with E-state index in [2.05, 4.69) is 5.32 Å². The molecule has 1 atom stereocenters. The Hall–Kier alpha value is -2.61. The first-order chi connectivity index (χ1) is 13.8. The van der Waals surface area contributed by atoms with E-state index < -0.39 is 21.9 Å². The molecule has 8 heteroatoms. The van der Waals surface area contributed by atoms with E-state index in [1.165, 1.54) is 24.3 Å². The average molecular weight is 423 g/mol. The van der Waals surface area contributed by atoms with Gasteiger partial charge in [-0.25, -0.2) is 12.8 Å². The van der Waals surface area contributed by atoms with Crippen molar-refractivity contribution in [2.24, 2.45) is 0 Å². The largest absolute Gasteiger partial charge is 0.497 e. The van der Waals surface area contributed by atoms with Crippen LogP contribution in [0.1, 0.15) is 25.3 Å². The normalized spacial score (nSPS) is 12.3. The summed E-state index contributed by atoms with van der Waals surface area (Å²) in [5, 5.41) is 2.82. The lowest BCUT2D eigenvalue weighted by molar-refractivity contribution is -0.122. The van der Waals surface area contributed by atoms with E-state index in [4.69, 9.17) is 4.74 Å². The third kappa shape index (κ3) is 6.45. The predicted octanol–water partition coefficient (Wildman–Crippen LogP) is 3.13. The first-order valence-corrected chi connectivity index (χ1v) is 11.3. The smallest absolute Gasteiger partial charge is 0.243 e. The van der Waals surface area contributed by atoms with Crippen LogP contribution in [0.3, 0.4) is 0 Å². The third-order valence-electron chi connectivity index (χ3n) is 4.49. The first kappa shape index (κ1) is 22.7. The fourth-order valence-electron chi connectivity index (χ4n) is 3.10. The fraction of sp³-hybridized carbons (Fsp3) is 0.381. The molecule has 29 heavy (non-hydrogen) atoms. The van der Waals surface area contributed by atoms with Gasteiger partial charge < -0.3 is 10.1 Å². The molecule has 0 saturated heterocycles. The number of halogens is 1. The maximum absolute atomic E-state index is 13.2. The van der Waals surface area contributed by atoms with E-state index in [1.54, 1.807) is 14.0 Å². The minimum absolute atomic E-state index is 0.257. The van der Waals surface area contributed by atoms with E-state index in [1.807, 2.05) is 24.3 Å². The van der Waals surface area contributed by atoms with Gasteiger partial charge in [-0.05, 0) is 61.2 Å². The molecule has 158 valence electrons. The molecule has 1 N–H and O–H groups in total. The summed E-state index contributed by atoms with van der Waals surface area (Å²) in [6.45, 7) is 2.15. The predicted molar refractivity (Wildman–Crippen MR) is 112 cm³/mol. The van der Waals surface area contributed by atoms with E-state index in [0.717, 1.165) is 28.3 Å². The molecule has 6 nitrogen and oxygen atoms in total. The lowest BCUT2D eigenvalue weighted by atomic mass is 10.1. The molecule has 0 aromatic heterocycles. The minimum Gasteiger partial charge on any atom is -0.497 e. The number of carbonyl (C=O) groups excluding carboxylic acids is 1. The molecule has 0 heterocycles. The molecular weight excluding hydrogens is 395 g/mol. The summed E-state index contributed by atoms with van der Waals surface area (Å²) in [7, 11) is -2.12. The summed E-state index contributed by atoms with van der Waals surface area (Å²) < 4.78 is 44.1. The van der Waals surface area contributed by atoms with Crippen molar-refractivity contribution >= 4 is 21.6 Å². The van der Waals surface area contributed by atoms with Crippen molar-refractivity contribution in [2.45, 2.75) is 32.2 Å². The van der Waals surface area contributed by atoms with Crippen LogP contribution in [0, 0.1) is 5.82 Å². The Balaban J connectivity index is 2.02. The molecule has 2 rings (SSSR count). The highest BCUT2D eigenvalue weighted by Gasteiger charge is 2.31. The summed E-state index contributed by atoms with van der Waals surface area (Å²) in [6.07, 6.45) is 2.77. The highest BCUT2D eigenvalue weighted by atomic mass is 32.2. The molecular formula is C21H27FN2O4S. The number of anilines is 1. The van der Waals surface area contributed by atoms with Crippen LogP contribution in [0.5, 0.6) is 5.75 Å². The molecule has 0 unspecified atom stereocenters. The van der Waals surface area contributed by atoms with Crippen LogP contribution >= 0.6 is 0 Å². The fourth-order valence-corrected chi connectivity index (χ4v) is 4.31. The van der Waals surface area contributed by atoms with Crippen molar-refractivity contribution in [1.29, 1.82) is 0 Å². The Bertz CT molecular complexity index is 917. The summed E-state index contributed by atoms with van der Waals surface area (Å²) >= 11 is 0. The van der Waals surface area contributed by atoms with Gasteiger partial charge in [-0.1, -0.05) is 19.1 Å². The molecule has 0 radical (unpaired) electrons. The van der Waals surface area contributed by atoms with Gasteiger partial charge in [0.1, 0.15) is 17.6 Å². The van der Waals surface area contributed by atoms with Crippen LogP contribution in [0.2, 0.25) is 0 Å².